The van der Waals surface area contributed by atoms with E-state index in [4.69, 9.17) is 0 Å². The molecule has 1 aliphatic heterocycles. The van der Waals surface area contributed by atoms with Crippen LogP contribution in [0.5, 0.6) is 0 Å². The Morgan fingerprint density at radius 2 is 2.04 bits per heavy atom. The van der Waals surface area contributed by atoms with E-state index in [0.717, 1.165) is 11.1 Å². The van der Waals surface area contributed by atoms with Crippen LogP contribution in [0.25, 0.3) is 11.0 Å². The zero-order valence-corrected chi connectivity index (χ0v) is 13.8. The molecule has 0 saturated heterocycles. The van der Waals surface area contributed by atoms with Gasteiger partial charge in [0.05, 0.1) is 11.3 Å². The Hall–Kier alpha value is -3.22. The Morgan fingerprint density at radius 3 is 2.80 bits per heavy atom. The average Bonchev–Trinajstić information content (AvgIpc) is 3.12. The molecule has 4 rings (SSSR count). The minimum absolute atomic E-state index is 0.123. The van der Waals surface area contributed by atoms with Gasteiger partial charge in [0.25, 0.3) is 5.91 Å². The highest BCUT2D eigenvalue weighted by Crippen LogP contribution is 2.37. The summed E-state index contributed by atoms with van der Waals surface area (Å²) in [7, 11) is 1.80. The van der Waals surface area contributed by atoms with Crippen LogP contribution in [0, 0.1) is 6.92 Å². The molecular formula is C18H16N4O3. The minimum Gasteiger partial charge on any atom is -0.481 e. The number of amides is 1. The number of aromatic nitrogens is 3. The molecule has 0 spiro atoms. The third-order valence-corrected chi connectivity index (χ3v) is 4.62. The number of nitrogens with zero attached hydrogens (tertiary/aromatic N) is 4. The van der Waals surface area contributed by atoms with Gasteiger partial charge in [-0.3, -0.25) is 14.3 Å². The number of carboxylic acids is 1. The third-order valence-electron chi connectivity index (χ3n) is 4.62. The first kappa shape index (κ1) is 15.3. The summed E-state index contributed by atoms with van der Waals surface area (Å²) in [5, 5.41) is 14.6. The summed E-state index contributed by atoms with van der Waals surface area (Å²) in [6.45, 7) is 1.99. The van der Waals surface area contributed by atoms with Gasteiger partial charge in [-0.15, -0.1) is 0 Å². The van der Waals surface area contributed by atoms with Crippen LogP contribution in [0.1, 0.15) is 27.5 Å². The lowest BCUT2D eigenvalue weighted by atomic mass is 10.0. The predicted octanol–water partition coefficient (Wildman–Crippen LogP) is 2.11. The van der Waals surface area contributed by atoms with Gasteiger partial charge >= 0.3 is 5.97 Å². The number of fused-ring (bicyclic) bond motifs is 2. The Labute approximate surface area is 143 Å². The number of hydrogen-bond acceptors (Lipinski definition) is 4. The van der Waals surface area contributed by atoms with Crippen molar-refractivity contribution < 1.29 is 14.7 Å². The number of aryl methyl sites for hydroxylation is 2. The van der Waals surface area contributed by atoms with E-state index in [1.807, 2.05) is 6.92 Å². The molecule has 25 heavy (non-hydrogen) atoms. The number of benzene rings is 1. The predicted molar refractivity (Wildman–Crippen MR) is 91.7 cm³/mol. The SMILES string of the molecule is Cc1nn(C)c2ncc(C(=O)N3CC(C(=O)O)c4ccccc43)cc12. The van der Waals surface area contributed by atoms with Gasteiger partial charge in [-0.1, -0.05) is 18.2 Å². The zero-order valence-electron chi connectivity index (χ0n) is 13.8. The van der Waals surface area contributed by atoms with Gasteiger partial charge in [0.2, 0.25) is 0 Å². The summed E-state index contributed by atoms with van der Waals surface area (Å²) < 4.78 is 1.67. The molecule has 3 heterocycles. The molecule has 126 valence electrons. The molecule has 1 atom stereocenters. The molecule has 1 unspecified atom stereocenters. The van der Waals surface area contributed by atoms with Gasteiger partial charge in [-0.25, -0.2) is 4.98 Å². The maximum absolute atomic E-state index is 13.0. The molecule has 2 aromatic heterocycles. The van der Waals surface area contributed by atoms with E-state index >= 15 is 0 Å². The minimum atomic E-state index is -0.931. The number of carbonyl (C=O) groups excluding carboxylic acids is 1. The van der Waals surface area contributed by atoms with Gasteiger partial charge in [0.15, 0.2) is 5.65 Å². The molecule has 7 heteroatoms. The van der Waals surface area contributed by atoms with Gasteiger partial charge in [0.1, 0.15) is 5.92 Å². The molecular weight excluding hydrogens is 320 g/mol. The van der Waals surface area contributed by atoms with Crippen molar-refractivity contribution in [3.8, 4) is 0 Å². The molecule has 0 radical (unpaired) electrons. The number of rotatable bonds is 2. The first-order valence-corrected chi connectivity index (χ1v) is 7.90. The Balaban J connectivity index is 1.77. The zero-order chi connectivity index (χ0) is 17.7. The molecule has 1 aliphatic rings. The summed E-state index contributed by atoms with van der Waals surface area (Å²) in [5.74, 6) is -1.90. The summed E-state index contributed by atoms with van der Waals surface area (Å²) in [5.41, 5.74) is 3.23. The topological polar surface area (TPSA) is 88.3 Å². The van der Waals surface area contributed by atoms with Crippen molar-refractivity contribution in [2.45, 2.75) is 12.8 Å². The van der Waals surface area contributed by atoms with E-state index < -0.39 is 11.9 Å². The van der Waals surface area contributed by atoms with Crippen molar-refractivity contribution in [3.05, 3.63) is 53.3 Å². The number of carbonyl (C=O) groups is 2. The second-order valence-corrected chi connectivity index (χ2v) is 6.17. The number of carboxylic acid groups (broad SMARTS) is 1. The molecule has 1 amide bonds. The maximum atomic E-state index is 13.0. The molecule has 3 aromatic rings. The van der Waals surface area contributed by atoms with Crippen molar-refractivity contribution in [1.82, 2.24) is 14.8 Å². The van der Waals surface area contributed by atoms with E-state index in [2.05, 4.69) is 10.1 Å². The smallest absolute Gasteiger partial charge is 0.312 e. The number of hydrogen-bond donors (Lipinski definition) is 1. The van der Waals surface area contributed by atoms with Crippen LogP contribution in [0.4, 0.5) is 5.69 Å². The van der Waals surface area contributed by atoms with Crippen LogP contribution >= 0.6 is 0 Å². The summed E-state index contributed by atoms with van der Waals surface area (Å²) in [6, 6.07) is 8.89. The highest BCUT2D eigenvalue weighted by molar-refractivity contribution is 6.09. The average molecular weight is 336 g/mol. The fraction of sp³-hybridized carbons (Fsp3) is 0.222. The van der Waals surface area contributed by atoms with E-state index in [9.17, 15) is 14.7 Å². The molecule has 0 saturated carbocycles. The maximum Gasteiger partial charge on any atom is 0.312 e. The number of anilines is 1. The van der Waals surface area contributed by atoms with Crippen molar-refractivity contribution in [2.75, 3.05) is 11.4 Å². The van der Waals surface area contributed by atoms with Crippen LogP contribution in [0.15, 0.2) is 36.5 Å². The summed E-state index contributed by atoms with van der Waals surface area (Å²) in [4.78, 5) is 30.4. The third kappa shape index (κ3) is 2.27. The van der Waals surface area contributed by atoms with Gasteiger partial charge in [0, 0.05) is 30.9 Å². The Morgan fingerprint density at radius 1 is 1.28 bits per heavy atom. The van der Waals surface area contributed by atoms with Crippen LogP contribution in [-0.2, 0) is 11.8 Å². The van der Waals surface area contributed by atoms with E-state index in [0.29, 0.717) is 22.5 Å². The van der Waals surface area contributed by atoms with E-state index in [-0.39, 0.29) is 12.5 Å². The number of aliphatic carboxylic acids is 1. The van der Waals surface area contributed by atoms with Crippen LogP contribution in [0.2, 0.25) is 0 Å². The second-order valence-electron chi connectivity index (χ2n) is 6.17. The molecule has 1 aromatic carbocycles. The standard InChI is InChI=1S/C18H16N4O3/c1-10-13-7-11(8-19-16(13)21(2)20-10)17(23)22-9-14(18(24)25)12-5-3-4-6-15(12)22/h3-8,14H,9H2,1-2H3,(H,24,25). The highest BCUT2D eigenvalue weighted by atomic mass is 16.4. The number of para-hydroxylation sites is 1. The second kappa shape index (κ2) is 5.41. The monoisotopic (exact) mass is 336 g/mol. The van der Waals surface area contributed by atoms with E-state index in [1.54, 1.807) is 42.1 Å². The molecule has 0 fully saturated rings. The lowest BCUT2D eigenvalue weighted by Gasteiger charge is -2.17. The first-order chi connectivity index (χ1) is 12.0. The fourth-order valence-corrected chi connectivity index (χ4v) is 3.39. The lowest BCUT2D eigenvalue weighted by Crippen LogP contribution is -2.31. The molecule has 0 aliphatic carbocycles. The van der Waals surface area contributed by atoms with Gasteiger partial charge < -0.3 is 10.0 Å². The molecule has 7 nitrogen and oxygen atoms in total. The number of pyridine rings is 1. The quantitative estimate of drug-likeness (QED) is 0.774. The van der Waals surface area contributed by atoms with Crippen LogP contribution in [0.3, 0.4) is 0 Å². The largest absolute Gasteiger partial charge is 0.481 e. The van der Waals surface area contributed by atoms with Crippen molar-refractivity contribution in [3.63, 3.8) is 0 Å². The van der Waals surface area contributed by atoms with Gasteiger partial charge in [-0.05, 0) is 24.6 Å². The fourth-order valence-electron chi connectivity index (χ4n) is 3.39. The summed E-state index contributed by atoms with van der Waals surface area (Å²) in [6.07, 6.45) is 1.52. The molecule has 1 N–H and O–H groups in total. The normalized spacial score (nSPS) is 16.2. The molecule has 0 bridgehead atoms. The first-order valence-electron chi connectivity index (χ1n) is 7.90. The lowest BCUT2D eigenvalue weighted by molar-refractivity contribution is -0.138. The van der Waals surface area contributed by atoms with Gasteiger partial charge in [-0.2, -0.15) is 5.10 Å². The Kier molecular flexibility index (Phi) is 3.31. The van der Waals surface area contributed by atoms with Crippen molar-refractivity contribution >= 4 is 28.6 Å². The van der Waals surface area contributed by atoms with Crippen LogP contribution in [-0.4, -0.2) is 38.3 Å². The Bertz CT molecular complexity index is 1020. The van der Waals surface area contributed by atoms with Crippen molar-refractivity contribution in [2.24, 2.45) is 7.05 Å². The van der Waals surface area contributed by atoms with Crippen molar-refractivity contribution in [1.29, 1.82) is 0 Å². The summed E-state index contributed by atoms with van der Waals surface area (Å²) >= 11 is 0. The van der Waals surface area contributed by atoms with Crippen LogP contribution < -0.4 is 4.90 Å². The van der Waals surface area contributed by atoms with E-state index in [1.165, 1.54) is 11.1 Å². The highest BCUT2D eigenvalue weighted by Gasteiger charge is 2.36.